The van der Waals surface area contributed by atoms with Crippen molar-refractivity contribution in [2.75, 3.05) is 68.7 Å². The quantitative estimate of drug-likeness (QED) is 0.523. The first-order chi connectivity index (χ1) is 18.0. The fourth-order valence-corrected chi connectivity index (χ4v) is 5.15. The molecule has 38 heavy (non-hydrogen) atoms. The molecule has 0 N–H and O–H groups in total. The minimum atomic E-state index is -4.39. The number of nitrogens with zero attached hydrogens (tertiary/aromatic N) is 5. The lowest BCUT2D eigenvalue weighted by Crippen LogP contribution is -2.46. The summed E-state index contributed by atoms with van der Waals surface area (Å²) in [6, 6.07) is 11.4. The number of halogens is 3. The van der Waals surface area contributed by atoms with Crippen LogP contribution in [-0.2, 0) is 16.4 Å². The Labute approximate surface area is 224 Å². The number of carbonyl (C=O) groups excluding carboxylic acids is 1. The van der Waals surface area contributed by atoms with Crippen molar-refractivity contribution in [1.29, 1.82) is 0 Å². The van der Waals surface area contributed by atoms with Gasteiger partial charge >= 0.3 is 6.18 Å². The largest absolute Gasteiger partial charge is 0.417 e. The van der Waals surface area contributed by atoms with Gasteiger partial charge in [-0.2, -0.15) is 13.2 Å². The van der Waals surface area contributed by atoms with Crippen LogP contribution in [0.1, 0.15) is 51.2 Å². The van der Waals surface area contributed by atoms with E-state index in [1.807, 2.05) is 9.80 Å². The second kappa shape index (κ2) is 11.9. The molecule has 1 aromatic carbocycles. The molecule has 2 fully saturated rings. The predicted molar refractivity (Wildman–Crippen MR) is 146 cm³/mol. The molecule has 2 aliphatic heterocycles. The maximum Gasteiger partial charge on any atom is 0.417 e. The molecule has 4 rings (SSSR count). The van der Waals surface area contributed by atoms with Gasteiger partial charge in [0.1, 0.15) is 5.82 Å². The van der Waals surface area contributed by atoms with Crippen molar-refractivity contribution in [1.82, 2.24) is 14.8 Å². The molecule has 0 spiro atoms. The number of amides is 1. The molecule has 0 atom stereocenters. The summed E-state index contributed by atoms with van der Waals surface area (Å²) < 4.78 is 38.5. The van der Waals surface area contributed by atoms with Gasteiger partial charge in [-0.3, -0.25) is 9.69 Å². The van der Waals surface area contributed by atoms with E-state index in [1.54, 1.807) is 0 Å². The van der Waals surface area contributed by atoms with Gasteiger partial charge in [-0.25, -0.2) is 4.98 Å². The molecule has 2 aromatic rings. The molecule has 0 aliphatic carbocycles. The van der Waals surface area contributed by atoms with E-state index in [1.165, 1.54) is 17.3 Å². The van der Waals surface area contributed by atoms with Crippen molar-refractivity contribution in [3.05, 3.63) is 53.7 Å². The minimum Gasteiger partial charge on any atom is -0.369 e. The Bertz CT molecular complexity index is 1040. The van der Waals surface area contributed by atoms with E-state index in [9.17, 15) is 18.0 Å². The van der Waals surface area contributed by atoms with Crippen LogP contribution in [0.15, 0.2) is 42.6 Å². The monoisotopic (exact) mass is 531 g/mol. The molecule has 9 heteroatoms. The molecule has 2 saturated heterocycles. The highest BCUT2D eigenvalue weighted by Crippen LogP contribution is 2.29. The summed E-state index contributed by atoms with van der Waals surface area (Å²) in [4.78, 5) is 25.6. The highest BCUT2D eigenvalue weighted by atomic mass is 19.4. The van der Waals surface area contributed by atoms with Crippen LogP contribution in [0, 0.1) is 0 Å². The van der Waals surface area contributed by atoms with E-state index in [0.29, 0.717) is 38.4 Å². The molecular weight excluding hydrogens is 491 g/mol. The summed E-state index contributed by atoms with van der Waals surface area (Å²) in [5, 5.41) is 0. The lowest BCUT2D eigenvalue weighted by molar-refractivity contribution is -0.137. The zero-order valence-electron chi connectivity index (χ0n) is 22.8. The Hall–Kier alpha value is -2.81. The fraction of sp³-hybridized carbons (Fsp3) is 0.586. The van der Waals surface area contributed by atoms with Crippen LogP contribution in [0.4, 0.5) is 24.7 Å². The maximum atomic E-state index is 12.9. The lowest BCUT2D eigenvalue weighted by Gasteiger charge is -2.36. The number of hydrogen-bond acceptors (Lipinski definition) is 5. The van der Waals surface area contributed by atoms with Gasteiger partial charge in [0.25, 0.3) is 0 Å². The number of pyridine rings is 1. The zero-order valence-corrected chi connectivity index (χ0v) is 22.8. The topological polar surface area (TPSA) is 42.9 Å². The average Bonchev–Trinajstić information content (AvgIpc) is 3.15. The number of aromatic nitrogens is 1. The molecule has 0 unspecified atom stereocenters. The second-order valence-electron chi connectivity index (χ2n) is 11.4. The summed E-state index contributed by atoms with van der Waals surface area (Å²) in [5.74, 6) is 0.682. The van der Waals surface area contributed by atoms with E-state index in [-0.39, 0.29) is 11.3 Å². The molecule has 0 bridgehead atoms. The summed E-state index contributed by atoms with van der Waals surface area (Å²) in [5.41, 5.74) is 2.03. The summed E-state index contributed by atoms with van der Waals surface area (Å²) in [6.45, 7) is 14.0. The number of benzene rings is 1. The maximum absolute atomic E-state index is 12.9. The number of rotatable bonds is 6. The molecule has 0 saturated carbocycles. The standard InChI is InChI=1S/C29H40F3N5O/c1-28(2,3)23-7-10-25(11-8-23)35-18-16-34(17-19-35)13-4-6-27(38)37-15-5-14-36(20-21-37)26-12-9-24(22-33-26)29(30,31)32/h7-12,22H,4-6,13-21H2,1-3H3. The van der Waals surface area contributed by atoms with E-state index >= 15 is 0 Å². The van der Waals surface area contributed by atoms with E-state index in [0.717, 1.165) is 57.8 Å². The predicted octanol–water partition coefficient (Wildman–Crippen LogP) is 5.04. The SMILES string of the molecule is CC(C)(C)c1ccc(N2CCN(CCCC(=O)N3CCCN(c4ccc(C(F)(F)F)cn4)CC3)CC2)cc1. The Morgan fingerprint density at radius 3 is 2.08 bits per heavy atom. The third-order valence-electron chi connectivity index (χ3n) is 7.58. The van der Waals surface area contributed by atoms with Crippen LogP contribution in [0.2, 0.25) is 0 Å². The lowest BCUT2D eigenvalue weighted by atomic mass is 9.87. The van der Waals surface area contributed by atoms with Gasteiger partial charge in [-0.15, -0.1) is 0 Å². The third-order valence-corrected chi connectivity index (χ3v) is 7.58. The van der Waals surface area contributed by atoms with Crippen molar-refractivity contribution in [2.45, 2.75) is 51.6 Å². The number of carbonyl (C=O) groups is 1. The first-order valence-corrected chi connectivity index (χ1v) is 13.6. The highest BCUT2D eigenvalue weighted by molar-refractivity contribution is 5.76. The van der Waals surface area contributed by atoms with Gasteiger partial charge in [0, 0.05) is 70.7 Å². The van der Waals surface area contributed by atoms with Crippen molar-refractivity contribution >= 4 is 17.4 Å². The van der Waals surface area contributed by atoms with Crippen molar-refractivity contribution in [3.8, 4) is 0 Å². The molecule has 1 aromatic heterocycles. The molecule has 2 aliphatic rings. The van der Waals surface area contributed by atoms with Crippen LogP contribution in [0.25, 0.3) is 0 Å². The van der Waals surface area contributed by atoms with Gasteiger partial charge in [0.15, 0.2) is 0 Å². The molecule has 208 valence electrons. The van der Waals surface area contributed by atoms with Crippen molar-refractivity contribution < 1.29 is 18.0 Å². The Kier molecular flexibility index (Phi) is 8.85. The smallest absolute Gasteiger partial charge is 0.369 e. The number of hydrogen-bond donors (Lipinski definition) is 0. The Morgan fingerprint density at radius 2 is 1.47 bits per heavy atom. The molecule has 3 heterocycles. The van der Waals surface area contributed by atoms with E-state index in [2.05, 4.69) is 59.8 Å². The van der Waals surface area contributed by atoms with Crippen LogP contribution >= 0.6 is 0 Å². The van der Waals surface area contributed by atoms with Crippen molar-refractivity contribution in [2.24, 2.45) is 0 Å². The Morgan fingerprint density at radius 1 is 0.816 bits per heavy atom. The van der Waals surface area contributed by atoms with Gasteiger partial charge in [-0.05, 0) is 54.6 Å². The summed E-state index contributed by atoms with van der Waals surface area (Å²) in [7, 11) is 0. The average molecular weight is 532 g/mol. The van der Waals surface area contributed by atoms with Gasteiger partial charge < -0.3 is 14.7 Å². The molecular formula is C29H40F3N5O. The van der Waals surface area contributed by atoms with Crippen LogP contribution in [-0.4, -0.2) is 79.6 Å². The number of piperazine rings is 1. The van der Waals surface area contributed by atoms with Gasteiger partial charge in [-0.1, -0.05) is 32.9 Å². The van der Waals surface area contributed by atoms with Crippen molar-refractivity contribution in [3.63, 3.8) is 0 Å². The van der Waals surface area contributed by atoms with E-state index in [4.69, 9.17) is 0 Å². The number of alkyl halides is 3. The number of anilines is 2. The van der Waals surface area contributed by atoms with Crippen LogP contribution in [0.3, 0.4) is 0 Å². The summed E-state index contributed by atoms with van der Waals surface area (Å²) in [6.07, 6.45) is -1.38. The van der Waals surface area contributed by atoms with Gasteiger partial charge in [0.2, 0.25) is 5.91 Å². The normalized spacial score (nSPS) is 18.0. The van der Waals surface area contributed by atoms with Crippen LogP contribution < -0.4 is 9.80 Å². The minimum absolute atomic E-state index is 0.157. The summed E-state index contributed by atoms with van der Waals surface area (Å²) >= 11 is 0. The van der Waals surface area contributed by atoms with Gasteiger partial charge in [0.05, 0.1) is 5.56 Å². The molecule has 1 amide bonds. The molecule has 0 radical (unpaired) electrons. The second-order valence-corrected chi connectivity index (χ2v) is 11.4. The fourth-order valence-electron chi connectivity index (χ4n) is 5.15. The first kappa shape index (κ1) is 28.2. The zero-order chi connectivity index (χ0) is 27.3. The first-order valence-electron chi connectivity index (χ1n) is 13.6. The highest BCUT2D eigenvalue weighted by Gasteiger charge is 2.31. The van der Waals surface area contributed by atoms with E-state index < -0.39 is 11.7 Å². The third kappa shape index (κ3) is 7.40. The Balaban J connectivity index is 1.17. The molecule has 6 nitrogen and oxygen atoms in total. The van der Waals surface area contributed by atoms with Crippen LogP contribution in [0.5, 0.6) is 0 Å².